The van der Waals surface area contributed by atoms with E-state index in [0.29, 0.717) is 19.4 Å². The molecular formula is C16H24N2O3. The fourth-order valence-corrected chi connectivity index (χ4v) is 2.14. The molecule has 21 heavy (non-hydrogen) atoms. The lowest BCUT2D eigenvalue weighted by Crippen LogP contribution is -2.37. The maximum Gasteiger partial charge on any atom is 0.305 e. The summed E-state index contributed by atoms with van der Waals surface area (Å²) in [4.78, 5) is 25.0. The fourth-order valence-electron chi connectivity index (χ4n) is 2.14. The topological polar surface area (TPSA) is 72.6 Å². The van der Waals surface area contributed by atoms with E-state index in [1.165, 1.54) is 7.11 Å². The lowest BCUT2D eigenvalue weighted by Gasteiger charge is -2.25. The van der Waals surface area contributed by atoms with Crippen molar-refractivity contribution in [1.82, 2.24) is 4.90 Å². The summed E-state index contributed by atoms with van der Waals surface area (Å²) in [6.07, 6.45) is 0.898. The van der Waals surface area contributed by atoms with Crippen molar-refractivity contribution in [3.05, 3.63) is 35.9 Å². The van der Waals surface area contributed by atoms with Gasteiger partial charge in [0.2, 0.25) is 5.91 Å². The SMILES string of the molecule is COC(=O)CCCN(C)C(=O)C(C)C(N)c1ccccc1. The van der Waals surface area contributed by atoms with Crippen molar-refractivity contribution >= 4 is 11.9 Å². The Kier molecular flexibility index (Phi) is 6.88. The molecule has 0 spiro atoms. The summed E-state index contributed by atoms with van der Waals surface area (Å²) in [5, 5.41) is 0. The first-order valence-corrected chi connectivity index (χ1v) is 7.09. The highest BCUT2D eigenvalue weighted by molar-refractivity contribution is 5.79. The van der Waals surface area contributed by atoms with Gasteiger partial charge in [-0.1, -0.05) is 37.3 Å². The number of hydrogen-bond acceptors (Lipinski definition) is 4. The van der Waals surface area contributed by atoms with Gasteiger partial charge in [-0.05, 0) is 12.0 Å². The van der Waals surface area contributed by atoms with Gasteiger partial charge in [-0.2, -0.15) is 0 Å². The van der Waals surface area contributed by atoms with Gasteiger partial charge in [-0.25, -0.2) is 0 Å². The zero-order valence-electron chi connectivity index (χ0n) is 12.9. The van der Waals surface area contributed by atoms with Crippen LogP contribution in [0, 0.1) is 5.92 Å². The lowest BCUT2D eigenvalue weighted by molar-refractivity contribution is -0.141. The maximum absolute atomic E-state index is 12.3. The molecule has 1 amide bonds. The smallest absolute Gasteiger partial charge is 0.305 e. The third-order valence-corrected chi connectivity index (χ3v) is 3.59. The van der Waals surface area contributed by atoms with Crippen LogP contribution in [0.3, 0.4) is 0 Å². The van der Waals surface area contributed by atoms with Gasteiger partial charge >= 0.3 is 5.97 Å². The molecule has 1 aromatic carbocycles. The highest BCUT2D eigenvalue weighted by Gasteiger charge is 2.24. The number of carbonyl (C=O) groups is 2. The first-order chi connectivity index (χ1) is 9.97. The molecule has 2 atom stereocenters. The Bertz CT molecular complexity index is 462. The molecule has 0 fully saturated rings. The highest BCUT2D eigenvalue weighted by atomic mass is 16.5. The van der Waals surface area contributed by atoms with Gasteiger partial charge in [0, 0.05) is 26.1 Å². The van der Waals surface area contributed by atoms with E-state index in [1.807, 2.05) is 37.3 Å². The number of ether oxygens (including phenoxy) is 1. The van der Waals surface area contributed by atoms with Gasteiger partial charge in [-0.15, -0.1) is 0 Å². The Morgan fingerprint density at radius 3 is 2.48 bits per heavy atom. The summed E-state index contributed by atoms with van der Waals surface area (Å²) in [5.41, 5.74) is 7.10. The van der Waals surface area contributed by atoms with Crippen LogP contribution in [0.25, 0.3) is 0 Å². The number of esters is 1. The highest BCUT2D eigenvalue weighted by Crippen LogP contribution is 2.20. The predicted molar refractivity (Wildman–Crippen MR) is 81.4 cm³/mol. The van der Waals surface area contributed by atoms with Gasteiger partial charge in [0.05, 0.1) is 13.0 Å². The van der Waals surface area contributed by atoms with E-state index in [2.05, 4.69) is 4.74 Å². The molecule has 0 saturated carbocycles. The number of benzene rings is 1. The molecule has 5 nitrogen and oxygen atoms in total. The largest absolute Gasteiger partial charge is 0.469 e. The minimum atomic E-state index is -0.332. The van der Waals surface area contributed by atoms with Gasteiger partial charge in [0.25, 0.3) is 0 Å². The average molecular weight is 292 g/mol. The summed E-state index contributed by atoms with van der Waals surface area (Å²) >= 11 is 0. The molecule has 0 saturated heterocycles. The van der Waals surface area contributed by atoms with E-state index in [0.717, 1.165) is 5.56 Å². The third-order valence-electron chi connectivity index (χ3n) is 3.59. The molecule has 1 rings (SSSR count). The van der Waals surface area contributed by atoms with E-state index in [-0.39, 0.29) is 23.8 Å². The molecule has 0 aromatic heterocycles. The molecular weight excluding hydrogens is 268 g/mol. The molecule has 2 N–H and O–H groups in total. The number of rotatable bonds is 7. The molecule has 0 aliphatic heterocycles. The van der Waals surface area contributed by atoms with Gasteiger partial charge in [0.15, 0.2) is 0 Å². The van der Waals surface area contributed by atoms with Crippen molar-refractivity contribution in [2.24, 2.45) is 11.7 Å². The Labute approximate surface area is 126 Å². The molecule has 0 heterocycles. The van der Waals surface area contributed by atoms with Crippen LogP contribution in [0.5, 0.6) is 0 Å². The summed E-state index contributed by atoms with van der Waals surface area (Å²) in [6, 6.07) is 9.25. The van der Waals surface area contributed by atoms with Crippen molar-refractivity contribution in [3.8, 4) is 0 Å². The van der Waals surface area contributed by atoms with E-state index in [9.17, 15) is 9.59 Å². The van der Waals surface area contributed by atoms with Crippen LogP contribution in [0.1, 0.15) is 31.4 Å². The first-order valence-electron chi connectivity index (χ1n) is 7.09. The lowest BCUT2D eigenvalue weighted by atomic mass is 9.94. The Hall–Kier alpha value is -1.88. The summed E-state index contributed by atoms with van der Waals surface area (Å²) < 4.78 is 4.57. The number of amides is 1. The molecule has 0 bridgehead atoms. The van der Waals surface area contributed by atoms with Crippen LogP contribution in [-0.2, 0) is 14.3 Å². The molecule has 0 aliphatic carbocycles. The van der Waals surface area contributed by atoms with Crippen LogP contribution in [-0.4, -0.2) is 37.5 Å². The predicted octanol–water partition coefficient (Wildman–Crippen LogP) is 1.73. The third kappa shape index (κ3) is 5.19. The summed E-state index contributed by atoms with van der Waals surface area (Å²) in [7, 11) is 3.09. The minimum Gasteiger partial charge on any atom is -0.469 e. The quantitative estimate of drug-likeness (QED) is 0.777. The number of nitrogens with zero attached hydrogens (tertiary/aromatic N) is 1. The van der Waals surface area contributed by atoms with E-state index in [1.54, 1.807) is 11.9 Å². The summed E-state index contributed by atoms with van der Waals surface area (Å²) in [6.45, 7) is 2.34. The van der Waals surface area contributed by atoms with Crippen molar-refractivity contribution in [2.75, 3.05) is 20.7 Å². The second-order valence-electron chi connectivity index (χ2n) is 5.16. The van der Waals surface area contributed by atoms with Crippen LogP contribution < -0.4 is 5.73 Å². The van der Waals surface area contributed by atoms with Gasteiger partial charge in [0.1, 0.15) is 0 Å². The standard InChI is InChI=1S/C16H24N2O3/c1-12(15(17)13-8-5-4-6-9-13)16(20)18(2)11-7-10-14(19)21-3/h4-6,8-9,12,15H,7,10-11,17H2,1-3H3. The zero-order valence-corrected chi connectivity index (χ0v) is 12.9. The number of hydrogen-bond donors (Lipinski definition) is 1. The molecule has 1 aromatic rings. The van der Waals surface area contributed by atoms with Crippen molar-refractivity contribution < 1.29 is 14.3 Å². The van der Waals surface area contributed by atoms with E-state index < -0.39 is 0 Å². The summed E-state index contributed by atoms with van der Waals surface area (Å²) in [5.74, 6) is -0.586. The average Bonchev–Trinajstić information content (AvgIpc) is 2.53. The van der Waals surface area contributed by atoms with Crippen molar-refractivity contribution in [1.29, 1.82) is 0 Å². The van der Waals surface area contributed by atoms with Gasteiger partial charge in [-0.3, -0.25) is 9.59 Å². The second-order valence-corrected chi connectivity index (χ2v) is 5.16. The maximum atomic E-state index is 12.3. The van der Waals surface area contributed by atoms with E-state index in [4.69, 9.17) is 5.73 Å². The van der Waals surface area contributed by atoms with Crippen LogP contribution >= 0.6 is 0 Å². The molecule has 0 aliphatic rings. The minimum absolute atomic E-state index is 0.0174. The number of carbonyl (C=O) groups excluding carboxylic acids is 2. The molecule has 5 heteroatoms. The second kappa shape index (κ2) is 8.42. The first kappa shape index (κ1) is 17.2. The Morgan fingerprint density at radius 2 is 1.90 bits per heavy atom. The van der Waals surface area contributed by atoms with E-state index >= 15 is 0 Å². The van der Waals surface area contributed by atoms with Crippen molar-refractivity contribution in [3.63, 3.8) is 0 Å². The number of methoxy groups -OCH3 is 1. The molecule has 116 valence electrons. The van der Waals surface area contributed by atoms with Crippen LogP contribution in [0.15, 0.2) is 30.3 Å². The van der Waals surface area contributed by atoms with Crippen molar-refractivity contribution in [2.45, 2.75) is 25.8 Å². The fraction of sp³-hybridized carbons (Fsp3) is 0.500. The Balaban J connectivity index is 2.51. The van der Waals surface area contributed by atoms with Gasteiger partial charge < -0.3 is 15.4 Å². The Morgan fingerprint density at radius 1 is 1.29 bits per heavy atom. The normalized spacial score (nSPS) is 13.3. The zero-order chi connectivity index (χ0) is 15.8. The number of nitrogens with two attached hydrogens (primary N) is 1. The molecule has 2 unspecified atom stereocenters. The molecule has 0 radical (unpaired) electrons. The monoisotopic (exact) mass is 292 g/mol. The van der Waals surface area contributed by atoms with Crippen LogP contribution in [0.2, 0.25) is 0 Å². The van der Waals surface area contributed by atoms with Crippen LogP contribution in [0.4, 0.5) is 0 Å².